The lowest BCUT2D eigenvalue weighted by molar-refractivity contribution is 0.0205. The lowest BCUT2D eigenvalue weighted by Crippen LogP contribution is -2.41. The highest BCUT2D eigenvalue weighted by Crippen LogP contribution is 2.36. The predicted molar refractivity (Wildman–Crippen MR) is 150 cm³/mol. The van der Waals surface area contributed by atoms with Crippen LogP contribution >= 0.6 is 0 Å². The molecule has 2 amide bonds. The van der Waals surface area contributed by atoms with Crippen LogP contribution in [-0.2, 0) is 4.74 Å². The number of primary amides is 1. The summed E-state index contributed by atoms with van der Waals surface area (Å²) in [5.41, 5.74) is 7.98. The van der Waals surface area contributed by atoms with E-state index in [2.05, 4.69) is 4.98 Å². The summed E-state index contributed by atoms with van der Waals surface area (Å²) < 4.78 is 18.6. The van der Waals surface area contributed by atoms with Gasteiger partial charge in [0.25, 0.3) is 5.91 Å². The van der Waals surface area contributed by atoms with Crippen LogP contribution in [0, 0.1) is 0 Å². The van der Waals surface area contributed by atoms with E-state index in [4.69, 9.17) is 25.0 Å². The van der Waals surface area contributed by atoms with E-state index in [0.29, 0.717) is 47.1 Å². The van der Waals surface area contributed by atoms with Crippen LogP contribution in [0.4, 0.5) is 4.79 Å². The minimum absolute atomic E-state index is 0.122. The van der Waals surface area contributed by atoms with E-state index in [1.165, 1.54) is 4.68 Å². The van der Waals surface area contributed by atoms with Crippen molar-refractivity contribution in [2.75, 3.05) is 20.2 Å². The molecule has 3 heterocycles. The van der Waals surface area contributed by atoms with Crippen molar-refractivity contribution in [3.8, 4) is 22.9 Å². The smallest absolute Gasteiger partial charge is 0.410 e. The number of likely N-dealkylation sites (tertiary alicyclic amines) is 1. The maximum atomic E-state index is 12.7. The lowest BCUT2D eigenvalue weighted by Gasteiger charge is -2.33. The van der Waals surface area contributed by atoms with Gasteiger partial charge in [0.15, 0.2) is 5.69 Å². The molecule has 0 radical (unpaired) electrons. The van der Waals surface area contributed by atoms with E-state index in [1.807, 2.05) is 57.2 Å². The van der Waals surface area contributed by atoms with Crippen molar-refractivity contribution in [3.63, 3.8) is 0 Å². The topological polar surface area (TPSA) is 122 Å². The van der Waals surface area contributed by atoms with Gasteiger partial charge in [0.05, 0.1) is 7.11 Å². The van der Waals surface area contributed by atoms with Gasteiger partial charge in [-0.2, -0.15) is 5.10 Å². The van der Waals surface area contributed by atoms with Crippen molar-refractivity contribution < 1.29 is 23.8 Å². The number of methoxy groups -OCH3 is 1. The Labute approximate surface area is 232 Å². The van der Waals surface area contributed by atoms with E-state index in [0.717, 1.165) is 18.4 Å². The van der Waals surface area contributed by atoms with E-state index < -0.39 is 11.5 Å². The van der Waals surface area contributed by atoms with Gasteiger partial charge in [0, 0.05) is 25.4 Å². The quantitative estimate of drug-likeness (QED) is 0.344. The number of carbonyl (C=O) groups is 2. The second-order valence-corrected chi connectivity index (χ2v) is 10.7. The molecule has 0 bridgehead atoms. The van der Waals surface area contributed by atoms with Gasteiger partial charge in [-0.05, 0) is 75.4 Å². The third-order valence-electron chi connectivity index (χ3n) is 6.77. The number of hydrogen-bond donors (Lipinski definition) is 1. The Kier molecular flexibility index (Phi) is 7.34. The zero-order valence-corrected chi connectivity index (χ0v) is 23.1. The Morgan fingerprint density at radius 2 is 1.70 bits per heavy atom. The SMILES string of the molecule is COc1cc(Oc2ccccc2)ccc1-n1nc2c(C3CCN(C(=O)OC(C)(C)C)CC3)ccnc2c1C(N)=O. The minimum Gasteiger partial charge on any atom is -0.494 e. The number of rotatable bonds is 6. The number of carbonyl (C=O) groups excluding carboxylic acids is 2. The molecule has 0 unspecified atom stereocenters. The standard InChI is InChI=1S/C30H33N5O5/c1-30(2,3)40-29(37)34-16-13-19(14-17-34)22-12-15-32-26-25(22)33-35(27(26)28(31)36)23-11-10-21(18-24(23)38-4)39-20-8-6-5-7-9-20/h5-12,15,18-19H,13-14,16-17H2,1-4H3,(H2,31,36). The Balaban J connectivity index is 1.47. The van der Waals surface area contributed by atoms with E-state index >= 15 is 0 Å². The first-order valence-corrected chi connectivity index (χ1v) is 13.2. The summed E-state index contributed by atoms with van der Waals surface area (Å²) in [7, 11) is 1.54. The summed E-state index contributed by atoms with van der Waals surface area (Å²) in [5.74, 6) is 1.18. The van der Waals surface area contributed by atoms with Crippen LogP contribution in [0.15, 0.2) is 60.8 Å². The Bertz CT molecular complexity index is 1540. The minimum atomic E-state index is -0.654. The highest BCUT2D eigenvalue weighted by Gasteiger charge is 2.30. The van der Waals surface area contributed by atoms with Crippen LogP contribution in [0.1, 0.15) is 55.6 Å². The molecule has 4 aromatic rings. The maximum Gasteiger partial charge on any atom is 0.410 e. The molecule has 1 aliphatic heterocycles. The maximum absolute atomic E-state index is 12.7. The summed E-state index contributed by atoms with van der Waals surface area (Å²) in [6.45, 7) is 6.69. The first-order valence-electron chi connectivity index (χ1n) is 13.2. The van der Waals surface area contributed by atoms with Gasteiger partial charge >= 0.3 is 6.09 Å². The molecule has 1 aliphatic rings. The summed E-state index contributed by atoms with van der Waals surface area (Å²) in [6.07, 6.45) is 2.82. The van der Waals surface area contributed by atoms with Crippen LogP contribution < -0.4 is 15.2 Å². The normalized spacial score (nSPS) is 14.2. The summed E-state index contributed by atoms with van der Waals surface area (Å²) in [4.78, 5) is 31.5. The molecule has 1 fully saturated rings. The molecule has 40 heavy (non-hydrogen) atoms. The molecule has 208 valence electrons. The summed E-state index contributed by atoms with van der Waals surface area (Å²) >= 11 is 0. The van der Waals surface area contributed by atoms with Gasteiger partial charge in [-0.25, -0.2) is 9.48 Å². The average Bonchev–Trinajstić information content (AvgIpc) is 3.32. The third-order valence-corrected chi connectivity index (χ3v) is 6.77. The van der Waals surface area contributed by atoms with Crippen molar-refractivity contribution in [1.29, 1.82) is 0 Å². The van der Waals surface area contributed by atoms with Gasteiger partial charge in [-0.3, -0.25) is 9.78 Å². The van der Waals surface area contributed by atoms with Crippen molar-refractivity contribution >= 4 is 23.0 Å². The number of benzene rings is 2. The fourth-order valence-corrected chi connectivity index (χ4v) is 4.94. The molecule has 5 rings (SSSR count). The molecule has 1 saturated heterocycles. The highest BCUT2D eigenvalue weighted by molar-refractivity contribution is 6.04. The fraction of sp³-hybridized carbons (Fsp3) is 0.333. The molecule has 2 aromatic heterocycles. The second kappa shape index (κ2) is 10.9. The fourth-order valence-electron chi connectivity index (χ4n) is 4.94. The lowest BCUT2D eigenvalue weighted by atomic mass is 9.89. The van der Waals surface area contributed by atoms with Crippen molar-refractivity contribution in [1.82, 2.24) is 19.7 Å². The number of aromatic nitrogens is 3. The number of pyridine rings is 1. The molecular weight excluding hydrogens is 510 g/mol. The number of fused-ring (bicyclic) bond motifs is 1. The molecule has 0 saturated carbocycles. The number of hydrogen-bond acceptors (Lipinski definition) is 7. The molecule has 0 atom stereocenters. The predicted octanol–water partition coefficient (Wildman–Crippen LogP) is 5.43. The van der Waals surface area contributed by atoms with Crippen LogP contribution in [0.2, 0.25) is 0 Å². The van der Waals surface area contributed by atoms with Crippen molar-refractivity contribution in [3.05, 3.63) is 72.1 Å². The monoisotopic (exact) mass is 543 g/mol. The van der Waals surface area contributed by atoms with Crippen LogP contribution in [0.25, 0.3) is 16.7 Å². The molecule has 2 N–H and O–H groups in total. The number of piperidine rings is 1. The van der Waals surface area contributed by atoms with Gasteiger partial charge < -0.3 is 24.8 Å². The average molecular weight is 544 g/mol. The number of amides is 2. The molecule has 2 aromatic carbocycles. The Morgan fingerprint density at radius 1 is 0.975 bits per heavy atom. The first-order chi connectivity index (χ1) is 19.1. The second-order valence-electron chi connectivity index (χ2n) is 10.7. The molecule has 10 heteroatoms. The first kappa shape index (κ1) is 27.0. The van der Waals surface area contributed by atoms with Crippen LogP contribution in [0.3, 0.4) is 0 Å². The number of ether oxygens (including phenoxy) is 3. The van der Waals surface area contributed by atoms with Crippen LogP contribution in [0.5, 0.6) is 17.2 Å². The van der Waals surface area contributed by atoms with E-state index in [9.17, 15) is 9.59 Å². The summed E-state index contributed by atoms with van der Waals surface area (Å²) in [5, 5.41) is 4.83. The van der Waals surface area contributed by atoms with Gasteiger partial charge in [-0.15, -0.1) is 0 Å². The zero-order chi connectivity index (χ0) is 28.4. The van der Waals surface area contributed by atoms with Crippen molar-refractivity contribution in [2.45, 2.75) is 45.1 Å². The molecule has 0 aliphatic carbocycles. The molecule has 10 nitrogen and oxygen atoms in total. The van der Waals surface area contributed by atoms with E-state index in [1.54, 1.807) is 36.4 Å². The number of nitrogens with zero attached hydrogens (tertiary/aromatic N) is 4. The van der Waals surface area contributed by atoms with Crippen LogP contribution in [-0.4, -0.2) is 57.5 Å². The molecule has 0 spiro atoms. The van der Waals surface area contributed by atoms with E-state index in [-0.39, 0.29) is 17.7 Å². The number of nitrogens with two attached hydrogens (primary N) is 1. The largest absolute Gasteiger partial charge is 0.494 e. The summed E-state index contributed by atoms with van der Waals surface area (Å²) in [6, 6.07) is 16.6. The molecular formula is C30H33N5O5. The zero-order valence-electron chi connectivity index (χ0n) is 23.1. The van der Waals surface area contributed by atoms with Crippen molar-refractivity contribution in [2.24, 2.45) is 5.73 Å². The highest BCUT2D eigenvalue weighted by atomic mass is 16.6. The number of para-hydroxylation sites is 1. The Morgan fingerprint density at radius 3 is 2.35 bits per heavy atom. The van der Waals surface area contributed by atoms with Gasteiger partial charge in [0.1, 0.15) is 39.6 Å². The van der Waals surface area contributed by atoms with Gasteiger partial charge in [0.2, 0.25) is 0 Å². The third kappa shape index (κ3) is 5.56. The Hall–Kier alpha value is -4.60. The van der Waals surface area contributed by atoms with Gasteiger partial charge in [-0.1, -0.05) is 18.2 Å².